The monoisotopic (exact) mass is 388 g/mol. The summed E-state index contributed by atoms with van der Waals surface area (Å²) in [6.07, 6.45) is -0.344. The van der Waals surface area contributed by atoms with Crippen LogP contribution in [0.25, 0.3) is 0 Å². The first-order valence-electron chi connectivity index (χ1n) is 8.98. The number of carbonyl (C=O) groups excluding carboxylic acids is 2. The van der Waals surface area contributed by atoms with Gasteiger partial charge in [-0.05, 0) is 40.2 Å². The molecule has 1 unspecified atom stereocenters. The van der Waals surface area contributed by atoms with Crippen LogP contribution in [0.4, 0.5) is 5.69 Å². The number of dihydropyridines is 1. The van der Waals surface area contributed by atoms with Crippen molar-refractivity contribution in [2.75, 3.05) is 6.61 Å². The number of ether oxygens (including phenoxy) is 2. The van der Waals surface area contributed by atoms with Crippen LogP contribution >= 0.6 is 0 Å². The van der Waals surface area contributed by atoms with E-state index in [4.69, 9.17) is 9.47 Å². The maximum atomic E-state index is 12.8. The molecule has 1 atom stereocenters. The first-order chi connectivity index (χ1) is 13.2. The van der Waals surface area contributed by atoms with Crippen LogP contribution < -0.4 is 5.32 Å². The van der Waals surface area contributed by atoms with Gasteiger partial charge in [0.05, 0.1) is 34.7 Å². The molecule has 0 spiro atoms. The molecular formula is C20H24N2O6. The number of nitro benzene ring substituents is 1. The third-order valence-corrected chi connectivity index (χ3v) is 4.26. The Bertz CT molecular complexity index is 852. The van der Waals surface area contributed by atoms with Crippen LogP contribution in [-0.4, -0.2) is 29.6 Å². The zero-order valence-corrected chi connectivity index (χ0v) is 16.6. The summed E-state index contributed by atoms with van der Waals surface area (Å²) in [5.74, 6) is -1.87. The van der Waals surface area contributed by atoms with E-state index in [9.17, 15) is 19.7 Å². The summed E-state index contributed by atoms with van der Waals surface area (Å²) in [5, 5.41) is 14.0. The Morgan fingerprint density at radius 3 is 2.11 bits per heavy atom. The van der Waals surface area contributed by atoms with Gasteiger partial charge in [-0.2, -0.15) is 0 Å². The molecule has 0 aromatic heterocycles. The van der Waals surface area contributed by atoms with Gasteiger partial charge in [-0.3, -0.25) is 10.1 Å². The number of nitro groups is 1. The Balaban J connectivity index is 2.62. The lowest BCUT2D eigenvalue weighted by Gasteiger charge is -2.30. The molecule has 0 aliphatic carbocycles. The van der Waals surface area contributed by atoms with Crippen LogP contribution in [0, 0.1) is 10.1 Å². The molecule has 0 saturated carbocycles. The number of hydrogen-bond acceptors (Lipinski definition) is 7. The van der Waals surface area contributed by atoms with E-state index in [1.165, 1.54) is 24.3 Å². The normalized spacial score (nSPS) is 16.7. The Morgan fingerprint density at radius 1 is 1.11 bits per heavy atom. The van der Waals surface area contributed by atoms with Gasteiger partial charge in [0.1, 0.15) is 0 Å². The summed E-state index contributed by atoms with van der Waals surface area (Å²) in [6, 6.07) is 5.76. The van der Waals surface area contributed by atoms with E-state index >= 15 is 0 Å². The zero-order valence-electron chi connectivity index (χ0n) is 16.6. The van der Waals surface area contributed by atoms with E-state index in [2.05, 4.69) is 5.32 Å². The second-order valence-electron chi connectivity index (χ2n) is 6.66. The Morgan fingerprint density at radius 2 is 1.64 bits per heavy atom. The first-order valence-corrected chi connectivity index (χ1v) is 8.98. The average Bonchev–Trinajstić information content (AvgIpc) is 2.60. The van der Waals surface area contributed by atoms with Crippen molar-refractivity contribution in [1.29, 1.82) is 0 Å². The van der Waals surface area contributed by atoms with Gasteiger partial charge < -0.3 is 14.8 Å². The third-order valence-electron chi connectivity index (χ3n) is 4.26. The Hall–Kier alpha value is -3.16. The molecule has 28 heavy (non-hydrogen) atoms. The van der Waals surface area contributed by atoms with Gasteiger partial charge in [0, 0.05) is 23.5 Å². The van der Waals surface area contributed by atoms with Crippen molar-refractivity contribution in [3.63, 3.8) is 0 Å². The fraction of sp³-hybridized carbons (Fsp3) is 0.400. The van der Waals surface area contributed by atoms with Crippen LogP contribution in [0.5, 0.6) is 0 Å². The van der Waals surface area contributed by atoms with Crippen molar-refractivity contribution in [3.05, 3.63) is 62.5 Å². The summed E-state index contributed by atoms with van der Waals surface area (Å²) in [6.45, 7) is 8.78. The predicted octanol–water partition coefficient (Wildman–Crippen LogP) is 3.34. The number of nitrogens with one attached hydrogen (secondary N) is 1. The highest BCUT2D eigenvalue weighted by Gasteiger charge is 2.38. The standard InChI is InChI=1S/C20H24N2O6/c1-6-27-19(23)16-12(4)21-13(5)17(20(24)28-11(2)3)18(16)14-7-9-15(10-8-14)22(25)26/h7-11,18,21H,6H2,1-5H3. The minimum atomic E-state index is -0.757. The number of nitrogens with zero attached hydrogens (tertiary/aromatic N) is 1. The van der Waals surface area contributed by atoms with Gasteiger partial charge in [-0.15, -0.1) is 0 Å². The van der Waals surface area contributed by atoms with Crippen molar-refractivity contribution in [2.45, 2.75) is 46.6 Å². The van der Waals surface area contributed by atoms with E-state index in [0.29, 0.717) is 17.0 Å². The molecule has 2 rings (SSSR count). The van der Waals surface area contributed by atoms with E-state index in [1.807, 2.05) is 0 Å². The average molecular weight is 388 g/mol. The summed E-state index contributed by atoms with van der Waals surface area (Å²) >= 11 is 0. The Kier molecular flexibility index (Phi) is 6.56. The Labute approximate surface area is 163 Å². The summed E-state index contributed by atoms with van der Waals surface area (Å²) in [7, 11) is 0. The quantitative estimate of drug-likeness (QED) is 0.452. The predicted molar refractivity (Wildman–Crippen MR) is 102 cm³/mol. The number of non-ortho nitro benzene ring substituents is 1. The molecule has 1 heterocycles. The van der Waals surface area contributed by atoms with Gasteiger partial charge in [0.15, 0.2) is 0 Å². The maximum absolute atomic E-state index is 12.8. The lowest BCUT2D eigenvalue weighted by Crippen LogP contribution is -2.33. The van der Waals surface area contributed by atoms with Crippen LogP contribution in [0.2, 0.25) is 0 Å². The first kappa shape index (κ1) is 21.1. The minimum absolute atomic E-state index is 0.0805. The fourth-order valence-corrected chi connectivity index (χ4v) is 3.14. The number of allylic oxidation sites excluding steroid dienone is 2. The van der Waals surface area contributed by atoms with Crippen molar-refractivity contribution in [3.8, 4) is 0 Å². The van der Waals surface area contributed by atoms with Gasteiger partial charge in [-0.1, -0.05) is 12.1 Å². The topological polar surface area (TPSA) is 108 Å². The zero-order chi connectivity index (χ0) is 21.0. The molecule has 1 N–H and O–H groups in total. The molecule has 0 bridgehead atoms. The molecule has 0 saturated heterocycles. The molecule has 8 heteroatoms. The molecule has 0 fully saturated rings. The van der Waals surface area contributed by atoms with E-state index < -0.39 is 22.8 Å². The molecule has 0 amide bonds. The molecule has 1 aliphatic rings. The summed E-state index contributed by atoms with van der Waals surface area (Å²) in [5.41, 5.74) is 2.14. The van der Waals surface area contributed by atoms with Crippen molar-refractivity contribution in [1.82, 2.24) is 5.32 Å². The lowest BCUT2D eigenvalue weighted by molar-refractivity contribution is -0.384. The summed E-state index contributed by atoms with van der Waals surface area (Å²) < 4.78 is 10.6. The molecule has 1 aromatic rings. The highest BCUT2D eigenvalue weighted by molar-refractivity contribution is 5.99. The second-order valence-corrected chi connectivity index (χ2v) is 6.66. The van der Waals surface area contributed by atoms with Gasteiger partial charge >= 0.3 is 11.9 Å². The lowest BCUT2D eigenvalue weighted by atomic mass is 9.80. The van der Waals surface area contributed by atoms with Crippen molar-refractivity contribution < 1.29 is 24.0 Å². The third kappa shape index (κ3) is 4.39. The van der Waals surface area contributed by atoms with E-state index in [0.717, 1.165) is 0 Å². The highest BCUT2D eigenvalue weighted by Crippen LogP contribution is 2.39. The van der Waals surface area contributed by atoms with Crippen LogP contribution in [0.1, 0.15) is 46.1 Å². The largest absolute Gasteiger partial charge is 0.463 e. The minimum Gasteiger partial charge on any atom is -0.463 e. The van der Waals surface area contributed by atoms with Crippen molar-refractivity contribution in [2.24, 2.45) is 0 Å². The van der Waals surface area contributed by atoms with Crippen molar-refractivity contribution >= 4 is 17.6 Å². The van der Waals surface area contributed by atoms with Gasteiger partial charge in [-0.25, -0.2) is 9.59 Å². The number of benzene rings is 1. The van der Waals surface area contributed by atoms with Crippen LogP contribution in [-0.2, 0) is 19.1 Å². The van der Waals surface area contributed by atoms with Crippen LogP contribution in [0.3, 0.4) is 0 Å². The molecule has 150 valence electrons. The number of esters is 2. The second kappa shape index (κ2) is 8.69. The SMILES string of the molecule is CCOC(=O)C1=C(C)NC(C)=C(C(=O)OC(C)C)C1c1ccc([N+](=O)[O-])cc1. The van der Waals surface area contributed by atoms with Gasteiger partial charge in [0.2, 0.25) is 0 Å². The molecule has 8 nitrogen and oxygen atoms in total. The summed E-state index contributed by atoms with van der Waals surface area (Å²) in [4.78, 5) is 35.9. The molecule has 1 aliphatic heterocycles. The number of hydrogen-bond donors (Lipinski definition) is 1. The molecule has 1 aromatic carbocycles. The maximum Gasteiger partial charge on any atom is 0.337 e. The highest BCUT2D eigenvalue weighted by atomic mass is 16.6. The van der Waals surface area contributed by atoms with E-state index in [-0.39, 0.29) is 29.5 Å². The number of rotatable bonds is 6. The van der Waals surface area contributed by atoms with E-state index in [1.54, 1.807) is 34.6 Å². The smallest absolute Gasteiger partial charge is 0.337 e. The fourth-order valence-electron chi connectivity index (χ4n) is 3.14. The molecular weight excluding hydrogens is 364 g/mol. The number of carbonyl (C=O) groups is 2. The van der Waals surface area contributed by atoms with Gasteiger partial charge in [0.25, 0.3) is 5.69 Å². The van der Waals surface area contributed by atoms with Crippen LogP contribution in [0.15, 0.2) is 46.8 Å². The molecule has 0 radical (unpaired) electrons.